The Morgan fingerprint density at radius 3 is 2.32 bits per heavy atom. The predicted molar refractivity (Wildman–Crippen MR) is 137 cm³/mol. The number of methoxy groups -OCH3 is 1. The van der Waals surface area contributed by atoms with Crippen molar-refractivity contribution >= 4 is 24.1 Å². The van der Waals surface area contributed by atoms with Gasteiger partial charge in [0.05, 0.1) is 20.3 Å². The number of rotatable bonds is 11. The fraction of sp³-hybridized carbons (Fsp3) is 0.462. The lowest BCUT2D eigenvalue weighted by Gasteiger charge is -2.33. The van der Waals surface area contributed by atoms with Crippen molar-refractivity contribution in [2.75, 3.05) is 26.9 Å². The van der Waals surface area contributed by atoms with E-state index >= 15 is 0 Å². The zero-order valence-electron chi connectivity index (χ0n) is 20.0. The zero-order chi connectivity index (χ0) is 23.6. The topological polar surface area (TPSA) is 97.9 Å². The largest absolute Gasteiger partial charge is 0.494 e. The van der Waals surface area contributed by atoms with Crippen LogP contribution in [0.3, 0.4) is 0 Å². The van der Waals surface area contributed by atoms with Gasteiger partial charge in [0, 0.05) is 23.7 Å². The summed E-state index contributed by atoms with van der Waals surface area (Å²) in [6.45, 7) is 4.11. The molecule has 7 nitrogen and oxygen atoms in total. The SMILES string of the molecule is COc1cc(C(=O)N2CCCCC2C)ccc1OCCCCCOc1ccc(C(=N)N)cc1.Cl. The Balaban J connectivity index is 0.00000408. The highest BCUT2D eigenvalue weighted by atomic mass is 35.5. The number of piperidine rings is 1. The number of nitrogens with one attached hydrogen (secondary N) is 1. The normalized spacial score (nSPS) is 15.2. The molecule has 2 aromatic rings. The third kappa shape index (κ3) is 7.55. The first-order chi connectivity index (χ1) is 16.0. The molecule has 0 saturated carbocycles. The van der Waals surface area contributed by atoms with Crippen LogP contribution in [0.15, 0.2) is 42.5 Å². The quantitative estimate of drug-likeness (QED) is 0.261. The Labute approximate surface area is 208 Å². The second-order valence-electron chi connectivity index (χ2n) is 8.40. The molecule has 34 heavy (non-hydrogen) atoms. The van der Waals surface area contributed by atoms with Gasteiger partial charge < -0.3 is 24.8 Å². The van der Waals surface area contributed by atoms with Crippen LogP contribution >= 0.6 is 12.4 Å². The van der Waals surface area contributed by atoms with Crippen molar-refractivity contribution in [3.8, 4) is 17.2 Å². The monoisotopic (exact) mass is 489 g/mol. The maximum Gasteiger partial charge on any atom is 0.254 e. The van der Waals surface area contributed by atoms with E-state index in [4.69, 9.17) is 25.4 Å². The minimum absolute atomic E-state index is 0. The van der Waals surface area contributed by atoms with Crippen molar-refractivity contribution < 1.29 is 19.0 Å². The summed E-state index contributed by atoms with van der Waals surface area (Å²) in [5.74, 6) is 2.12. The zero-order valence-corrected chi connectivity index (χ0v) is 20.9. The molecule has 8 heteroatoms. The van der Waals surface area contributed by atoms with E-state index in [1.54, 1.807) is 25.3 Å². The molecule has 3 N–H and O–H groups in total. The number of nitrogens with two attached hydrogens (primary N) is 1. The van der Waals surface area contributed by atoms with Crippen molar-refractivity contribution in [2.24, 2.45) is 5.73 Å². The van der Waals surface area contributed by atoms with Gasteiger partial charge in [-0.15, -0.1) is 12.4 Å². The van der Waals surface area contributed by atoms with Gasteiger partial charge in [0.2, 0.25) is 0 Å². The maximum atomic E-state index is 12.9. The molecule has 1 atom stereocenters. The number of benzene rings is 2. The van der Waals surface area contributed by atoms with Crippen LogP contribution in [0.1, 0.15) is 61.4 Å². The Bertz CT molecular complexity index is 936. The summed E-state index contributed by atoms with van der Waals surface area (Å²) in [5, 5.41) is 7.41. The molecule has 0 aromatic heterocycles. The average Bonchev–Trinajstić information content (AvgIpc) is 2.83. The predicted octanol–water partition coefficient (Wildman–Crippen LogP) is 5.04. The summed E-state index contributed by atoms with van der Waals surface area (Å²) >= 11 is 0. The van der Waals surface area contributed by atoms with Gasteiger partial charge >= 0.3 is 0 Å². The van der Waals surface area contributed by atoms with Crippen LogP contribution in [0.5, 0.6) is 17.2 Å². The highest BCUT2D eigenvalue weighted by molar-refractivity contribution is 5.95. The summed E-state index contributed by atoms with van der Waals surface area (Å²) in [6, 6.07) is 12.9. The molecular formula is C26H36ClN3O4. The summed E-state index contributed by atoms with van der Waals surface area (Å²) in [6.07, 6.45) is 6.07. The number of nitrogen functional groups attached to an aromatic ring is 1. The van der Waals surface area contributed by atoms with E-state index < -0.39 is 0 Å². The molecule has 2 aromatic carbocycles. The van der Waals surface area contributed by atoms with Crippen LogP contribution in [0.2, 0.25) is 0 Å². The Morgan fingerprint density at radius 2 is 1.68 bits per heavy atom. The average molecular weight is 490 g/mol. The van der Waals surface area contributed by atoms with Gasteiger partial charge in [-0.3, -0.25) is 10.2 Å². The maximum absolute atomic E-state index is 12.9. The standard InChI is InChI=1S/C26H35N3O4.ClH/c1-19-8-4-5-15-29(19)26(30)21-11-14-23(24(18-21)31-2)33-17-7-3-6-16-32-22-12-9-20(10-13-22)25(27)28;/h9-14,18-19H,3-8,15-17H2,1-2H3,(H3,27,28);1H. The van der Waals surface area contributed by atoms with E-state index in [0.29, 0.717) is 35.8 Å². The number of likely N-dealkylation sites (tertiary alicyclic amines) is 1. The molecule has 186 valence electrons. The van der Waals surface area contributed by atoms with Crippen LogP contribution in [0, 0.1) is 5.41 Å². The lowest BCUT2D eigenvalue weighted by molar-refractivity contribution is 0.0635. The summed E-state index contributed by atoms with van der Waals surface area (Å²) in [7, 11) is 1.60. The highest BCUT2D eigenvalue weighted by Crippen LogP contribution is 2.30. The van der Waals surface area contributed by atoms with E-state index in [1.165, 1.54) is 6.42 Å². The summed E-state index contributed by atoms with van der Waals surface area (Å²) in [4.78, 5) is 14.9. The lowest BCUT2D eigenvalue weighted by Crippen LogP contribution is -2.42. The number of nitrogens with zero attached hydrogens (tertiary/aromatic N) is 1. The molecule has 0 radical (unpaired) electrons. The molecule has 0 spiro atoms. The second kappa shape index (κ2) is 13.7. The Hall–Kier alpha value is -2.93. The number of carbonyl (C=O) groups excluding carboxylic acids is 1. The molecular weight excluding hydrogens is 454 g/mol. The lowest BCUT2D eigenvalue weighted by atomic mass is 10.0. The van der Waals surface area contributed by atoms with E-state index in [2.05, 4.69) is 6.92 Å². The third-order valence-corrected chi connectivity index (χ3v) is 5.95. The molecule has 1 fully saturated rings. The van der Waals surface area contributed by atoms with Gasteiger partial charge in [-0.2, -0.15) is 0 Å². The van der Waals surface area contributed by atoms with Crippen molar-refractivity contribution in [3.63, 3.8) is 0 Å². The fourth-order valence-electron chi connectivity index (χ4n) is 3.97. The van der Waals surface area contributed by atoms with Gasteiger partial charge in [0.25, 0.3) is 5.91 Å². The van der Waals surface area contributed by atoms with E-state index in [1.807, 2.05) is 29.2 Å². The van der Waals surface area contributed by atoms with Crippen molar-refractivity contribution in [1.82, 2.24) is 4.90 Å². The first-order valence-corrected chi connectivity index (χ1v) is 11.7. The second-order valence-corrected chi connectivity index (χ2v) is 8.40. The molecule has 0 bridgehead atoms. The molecule has 3 rings (SSSR count). The van der Waals surface area contributed by atoms with Crippen LogP contribution in [-0.2, 0) is 0 Å². The van der Waals surface area contributed by atoms with Crippen LogP contribution in [0.4, 0.5) is 0 Å². The minimum Gasteiger partial charge on any atom is -0.494 e. The van der Waals surface area contributed by atoms with Crippen LogP contribution in [-0.4, -0.2) is 49.6 Å². The Morgan fingerprint density at radius 1 is 1.00 bits per heavy atom. The molecule has 1 aliphatic rings. The molecule has 1 heterocycles. The first-order valence-electron chi connectivity index (χ1n) is 11.7. The number of halogens is 1. The van der Waals surface area contributed by atoms with Crippen molar-refractivity contribution in [1.29, 1.82) is 5.41 Å². The third-order valence-electron chi connectivity index (χ3n) is 5.95. The van der Waals surface area contributed by atoms with Crippen molar-refractivity contribution in [2.45, 2.75) is 51.5 Å². The number of carbonyl (C=O) groups is 1. The number of hydrogen-bond donors (Lipinski definition) is 2. The van der Waals surface area contributed by atoms with E-state index in [0.717, 1.165) is 44.4 Å². The molecule has 1 aliphatic heterocycles. The number of unbranched alkanes of at least 4 members (excludes halogenated alkanes) is 2. The number of ether oxygens (including phenoxy) is 3. The van der Waals surface area contributed by atoms with Gasteiger partial charge in [-0.25, -0.2) is 0 Å². The van der Waals surface area contributed by atoms with Crippen LogP contribution in [0.25, 0.3) is 0 Å². The van der Waals surface area contributed by atoms with Crippen LogP contribution < -0.4 is 19.9 Å². The fourth-order valence-corrected chi connectivity index (χ4v) is 3.97. The highest BCUT2D eigenvalue weighted by Gasteiger charge is 2.25. The number of amidine groups is 1. The summed E-state index contributed by atoms with van der Waals surface area (Å²) < 4.78 is 17.1. The van der Waals surface area contributed by atoms with Crippen molar-refractivity contribution in [3.05, 3.63) is 53.6 Å². The van der Waals surface area contributed by atoms with E-state index in [-0.39, 0.29) is 30.2 Å². The molecule has 1 saturated heterocycles. The minimum atomic E-state index is 0. The first kappa shape index (κ1) is 27.3. The van der Waals surface area contributed by atoms with Gasteiger partial charge in [-0.1, -0.05) is 0 Å². The van der Waals surface area contributed by atoms with E-state index in [9.17, 15) is 4.79 Å². The molecule has 0 aliphatic carbocycles. The number of amides is 1. The smallest absolute Gasteiger partial charge is 0.254 e. The Kier molecular flexibility index (Phi) is 11.0. The molecule has 1 amide bonds. The van der Waals surface area contributed by atoms with Gasteiger partial charge in [-0.05, 0) is 87.9 Å². The van der Waals surface area contributed by atoms with Gasteiger partial charge in [0.1, 0.15) is 11.6 Å². The molecule has 1 unspecified atom stereocenters. The van der Waals surface area contributed by atoms with Gasteiger partial charge in [0.15, 0.2) is 11.5 Å². The number of hydrogen-bond acceptors (Lipinski definition) is 5. The summed E-state index contributed by atoms with van der Waals surface area (Å²) in [5.41, 5.74) is 6.78.